The van der Waals surface area contributed by atoms with Crippen molar-refractivity contribution in [2.45, 2.75) is 56.7 Å². The minimum Gasteiger partial charge on any atom is -0.497 e. The van der Waals surface area contributed by atoms with Gasteiger partial charge in [0.05, 0.1) is 32.7 Å². The van der Waals surface area contributed by atoms with Crippen LogP contribution < -0.4 is 14.8 Å². The number of aliphatic hydroxyl groups is 1. The molecule has 2 aromatic carbocycles. The summed E-state index contributed by atoms with van der Waals surface area (Å²) < 4.78 is 15.4. The van der Waals surface area contributed by atoms with Gasteiger partial charge in [0.1, 0.15) is 5.75 Å². The first-order chi connectivity index (χ1) is 18.1. The van der Waals surface area contributed by atoms with Crippen molar-refractivity contribution >= 4 is 47.4 Å². The number of ether oxygens (including phenoxy) is 2. The van der Waals surface area contributed by atoms with Crippen molar-refractivity contribution in [3.8, 4) is 5.75 Å². The predicted molar refractivity (Wildman–Crippen MR) is 158 cm³/mol. The highest BCUT2D eigenvalue weighted by molar-refractivity contribution is 14.1. The predicted octanol–water partition coefficient (Wildman–Crippen LogP) is 3.71. The van der Waals surface area contributed by atoms with E-state index in [-0.39, 0.29) is 30.1 Å². The second kappa shape index (κ2) is 10.4. The number of rotatable bonds is 8. The number of hydrogen-bond acceptors (Lipinski definition) is 6. The number of halogens is 1. The number of likely N-dealkylation sites (N-methyl/N-ethyl adjacent to an activating group) is 1. The number of amides is 1. The third kappa shape index (κ3) is 4.39. The van der Waals surface area contributed by atoms with E-state index < -0.39 is 13.7 Å². The number of anilines is 1. The van der Waals surface area contributed by atoms with Crippen molar-refractivity contribution in [3.63, 3.8) is 0 Å². The van der Waals surface area contributed by atoms with Crippen LogP contribution in [-0.4, -0.2) is 60.9 Å². The van der Waals surface area contributed by atoms with Crippen molar-refractivity contribution in [1.29, 1.82) is 0 Å². The molecular formula is C28H35IN4O4Si. The van der Waals surface area contributed by atoms with Crippen LogP contribution in [0, 0.1) is 9.49 Å². The van der Waals surface area contributed by atoms with Gasteiger partial charge in [0.15, 0.2) is 5.60 Å². The van der Waals surface area contributed by atoms with Gasteiger partial charge in [-0.15, -0.1) is 5.10 Å². The quantitative estimate of drug-likeness (QED) is 0.297. The van der Waals surface area contributed by atoms with E-state index >= 15 is 0 Å². The first-order valence-corrected chi connectivity index (χ1v) is 17.2. The van der Waals surface area contributed by atoms with Crippen molar-refractivity contribution in [1.82, 2.24) is 15.0 Å². The lowest BCUT2D eigenvalue weighted by molar-refractivity contribution is -0.145. The van der Waals surface area contributed by atoms with Gasteiger partial charge in [-0.3, -0.25) is 9.48 Å². The van der Waals surface area contributed by atoms with E-state index in [0.29, 0.717) is 19.4 Å². The lowest BCUT2D eigenvalue weighted by Gasteiger charge is -2.37. The fourth-order valence-electron chi connectivity index (χ4n) is 6.60. The first kappa shape index (κ1) is 27.3. The van der Waals surface area contributed by atoms with Crippen molar-refractivity contribution in [3.05, 3.63) is 63.5 Å². The summed E-state index contributed by atoms with van der Waals surface area (Å²) in [5.74, 6) is 0.828. The minimum absolute atomic E-state index is 0.0139. The number of aryl methyl sites for hydroxylation is 1. The molecule has 0 aliphatic carbocycles. The smallest absolute Gasteiger partial charge is 0.264 e. The summed E-state index contributed by atoms with van der Waals surface area (Å²) in [7, 11) is 1.37. The van der Waals surface area contributed by atoms with Crippen LogP contribution in [0.4, 0.5) is 5.69 Å². The lowest BCUT2D eigenvalue weighted by atomic mass is 9.82. The molecule has 1 aromatic heterocycles. The zero-order chi connectivity index (χ0) is 27.2. The molecule has 2 aliphatic heterocycles. The molecule has 0 radical (unpaired) electrons. The molecule has 1 saturated heterocycles. The van der Waals surface area contributed by atoms with Crippen LogP contribution in [0.1, 0.15) is 24.6 Å². The Balaban J connectivity index is 1.55. The fourth-order valence-corrected chi connectivity index (χ4v) is 11.1. The molecular weight excluding hydrogens is 611 g/mol. The number of benzene rings is 2. The second-order valence-electron chi connectivity index (χ2n) is 10.9. The molecule has 0 saturated carbocycles. The van der Waals surface area contributed by atoms with Crippen LogP contribution in [-0.2, 0) is 28.1 Å². The second-order valence-corrected chi connectivity index (χ2v) is 16.9. The SMILES string of the molecule is COc1ccc([Si](C)(C)[C@H]2[C@H](CCn3cc(CCO)nn3)O[C@@]3(C(=O)N(C)c4ccc(I)cc43)[C@@H]2C)cc1. The van der Waals surface area contributed by atoms with Crippen LogP contribution in [0.15, 0.2) is 48.7 Å². The monoisotopic (exact) mass is 646 g/mol. The zero-order valence-electron chi connectivity index (χ0n) is 22.5. The average molecular weight is 647 g/mol. The Morgan fingerprint density at radius 2 is 1.95 bits per heavy atom. The maximum atomic E-state index is 14.0. The van der Waals surface area contributed by atoms with Crippen LogP contribution in [0.25, 0.3) is 0 Å². The molecule has 1 fully saturated rings. The molecule has 3 aromatic rings. The number of aliphatic hydroxyl groups excluding tert-OH is 1. The molecule has 4 atom stereocenters. The normalized spacial score (nSPS) is 24.9. The maximum Gasteiger partial charge on any atom is 0.264 e. The molecule has 1 spiro atoms. The lowest BCUT2D eigenvalue weighted by Crippen LogP contribution is -2.51. The molecule has 38 heavy (non-hydrogen) atoms. The van der Waals surface area contributed by atoms with Crippen molar-refractivity contribution in [2.24, 2.45) is 5.92 Å². The number of nitrogens with zero attached hydrogens (tertiary/aromatic N) is 4. The number of carbonyl (C=O) groups is 1. The Morgan fingerprint density at radius 3 is 2.63 bits per heavy atom. The van der Waals surface area contributed by atoms with Gasteiger partial charge in [-0.1, -0.05) is 42.6 Å². The summed E-state index contributed by atoms with van der Waals surface area (Å²) in [5, 5.41) is 19.0. The number of hydrogen-bond donors (Lipinski definition) is 1. The first-order valence-electron chi connectivity index (χ1n) is 13.0. The number of fused-ring (bicyclic) bond motifs is 2. The average Bonchev–Trinajstić information content (AvgIpc) is 3.54. The summed E-state index contributed by atoms with van der Waals surface area (Å²) in [6, 6.07) is 14.6. The van der Waals surface area contributed by atoms with Crippen LogP contribution >= 0.6 is 22.6 Å². The van der Waals surface area contributed by atoms with E-state index in [1.807, 2.05) is 42.2 Å². The fraction of sp³-hybridized carbons (Fsp3) is 0.464. The summed E-state index contributed by atoms with van der Waals surface area (Å²) in [6.45, 7) is 7.65. The van der Waals surface area contributed by atoms with Gasteiger partial charge in [-0.05, 0) is 64.9 Å². The molecule has 0 bridgehead atoms. The Hall–Kier alpha value is -2.28. The minimum atomic E-state index is -2.17. The van der Waals surface area contributed by atoms with E-state index in [2.05, 4.69) is 71.1 Å². The van der Waals surface area contributed by atoms with Gasteiger partial charge in [-0.2, -0.15) is 0 Å². The zero-order valence-corrected chi connectivity index (χ0v) is 25.7. The number of carbonyl (C=O) groups excluding carboxylic acids is 1. The molecule has 1 N–H and O–H groups in total. The Kier molecular flexibility index (Phi) is 7.44. The van der Waals surface area contributed by atoms with Gasteiger partial charge in [0, 0.05) is 47.9 Å². The number of methoxy groups -OCH3 is 1. The topological polar surface area (TPSA) is 89.7 Å². The number of aromatic nitrogens is 3. The largest absolute Gasteiger partial charge is 0.497 e. The highest BCUT2D eigenvalue weighted by atomic mass is 127. The Morgan fingerprint density at radius 1 is 1.21 bits per heavy atom. The van der Waals surface area contributed by atoms with Crippen LogP contribution in [0.3, 0.4) is 0 Å². The van der Waals surface area contributed by atoms with Crippen molar-refractivity contribution in [2.75, 3.05) is 25.7 Å². The molecule has 10 heteroatoms. The van der Waals surface area contributed by atoms with E-state index in [0.717, 1.165) is 26.3 Å². The third-order valence-electron chi connectivity index (χ3n) is 8.52. The molecule has 0 unspecified atom stereocenters. The van der Waals surface area contributed by atoms with Gasteiger partial charge in [0.25, 0.3) is 5.91 Å². The summed E-state index contributed by atoms with van der Waals surface area (Å²) in [5.41, 5.74) is 1.84. The van der Waals surface area contributed by atoms with E-state index in [9.17, 15) is 9.90 Å². The van der Waals surface area contributed by atoms with Gasteiger partial charge < -0.3 is 19.5 Å². The van der Waals surface area contributed by atoms with Gasteiger partial charge >= 0.3 is 0 Å². The van der Waals surface area contributed by atoms with E-state index in [4.69, 9.17) is 9.47 Å². The van der Waals surface area contributed by atoms with Gasteiger partial charge in [0.2, 0.25) is 0 Å². The molecule has 3 heterocycles. The van der Waals surface area contributed by atoms with E-state index in [1.165, 1.54) is 5.19 Å². The van der Waals surface area contributed by atoms with E-state index in [1.54, 1.807) is 12.0 Å². The van der Waals surface area contributed by atoms with Gasteiger partial charge in [-0.25, -0.2) is 0 Å². The summed E-state index contributed by atoms with van der Waals surface area (Å²) in [6.07, 6.45) is 2.94. The maximum absolute atomic E-state index is 14.0. The molecule has 202 valence electrons. The summed E-state index contributed by atoms with van der Waals surface area (Å²) in [4.78, 5) is 15.8. The molecule has 1 amide bonds. The standard InChI is InChI=1S/C28H35IN4O4Si/c1-18-26(38(4,5)22-9-7-21(36-3)8-10-22)25(12-14-33-17-20(13-15-34)30-31-33)37-28(18)23-16-19(29)6-11-24(23)32(2)27(28)35/h6-11,16-18,25-26,34H,12-15H2,1-5H3/t18-,25+,26-,28+/m1/s1. The Labute approximate surface area is 238 Å². The molecule has 2 aliphatic rings. The summed E-state index contributed by atoms with van der Waals surface area (Å²) >= 11 is 2.32. The van der Waals surface area contributed by atoms with Crippen molar-refractivity contribution < 1.29 is 19.4 Å². The van der Waals surface area contributed by atoms with Crippen LogP contribution in [0.5, 0.6) is 5.75 Å². The third-order valence-corrected chi connectivity index (χ3v) is 13.6. The Bertz CT molecular complexity index is 1330. The van der Waals surface area contributed by atoms with Crippen LogP contribution in [0.2, 0.25) is 18.6 Å². The molecule has 5 rings (SSSR count). The molecule has 8 nitrogen and oxygen atoms in total. The highest BCUT2D eigenvalue weighted by Gasteiger charge is 2.65. The highest BCUT2D eigenvalue weighted by Crippen LogP contribution is 2.59.